The molecule has 1 nitrogen and oxygen atoms in total. The molecule has 0 heterocycles. The topological polar surface area (TPSA) is 12.0 Å². The zero-order valence-corrected chi connectivity index (χ0v) is 11.0. The molecular formula is C12H18ClNS. The largest absolute Gasteiger partial charge is 0.316 e. The summed E-state index contributed by atoms with van der Waals surface area (Å²) in [6, 6.07) is 8.62. The molecule has 1 N–H and O–H groups in total. The van der Waals surface area contributed by atoms with E-state index in [1.807, 2.05) is 30.9 Å². The molecule has 84 valence electrons. The van der Waals surface area contributed by atoms with Gasteiger partial charge in [-0.2, -0.15) is 11.8 Å². The Labute approximate surface area is 102 Å². The van der Waals surface area contributed by atoms with Crippen LogP contribution in [0.15, 0.2) is 24.3 Å². The summed E-state index contributed by atoms with van der Waals surface area (Å²) in [5.74, 6) is 1.05. The van der Waals surface area contributed by atoms with Crippen molar-refractivity contribution in [2.75, 3.05) is 7.05 Å². The molecule has 0 aliphatic carbocycles. The maximum Gasteiger partial charge on any atom is 0.0406 e. The minimum atomic E-state index is 0.544. The molecule has 0 aliphatic rings. The van der Waals surface area contributed by atoms with E-state index in [0.717, 1.165) is 10.8 Å². The van der Waals surface area contributed by atoms with Gasteiger partial charge in [0, 0.05) is 22.1 Å². The van der Waals surface area contributed by atoms with Crippen LogP contribution in [0.1, 0.15) is 19.4 Å². The van der Waals surface area contributed by atoms with Gasteiger partial charge in [0.25, 0.3) is 0 Å². The van der Waals surface area contributed by atoms with Crippen LogP contribution in [0.5, 0.6) is 0 Å². The Morgan fingerprint density at radius 1 is 1.27 bits per heavy atom. The van der Waals surface area contributed by atoms with E-state index in [-0.39, 0.29) is 0 Å². The van der Waals surface area contributed by atoms with E-state index in [9.17, 15) is 0 Å². The van der Waals surface area contributed by atoms with Gasteiger partial charge in [0.15, 0.2) is 0 Å². The zero-order chi connectivity index (χ0) is 11.3. The lowest BCUT2D eigenvalue weighted by Gasteiger charge is -2.18. The minimum absolute atomic E-state index is 0.544. The van der Waals surface area contributed by atoms with Gasteiger partial charge >= 0.3 is 0 Å². The van der Waals surface area contributed by atoms with Crippen molar-refractivity contribution in [1.82, 2.24) is 5.32 Å². The molecule has 1 aromatic carbocycles. The predicted octanol–water partition coefficient (Wildman–Crippen LogP) is 3.57. The van der Waals surface area contributed by atoms with Gasteiger partial charge in [0.1, 0.15) is 0 Å². The number of hydrogen-bond donors (Lipinski definition) is 1. The number of thioether (sulfide) groups is 1. The quantitative estimate of drug-likeness (QED) is 0.849. The van der Waals surface area contributed by atoms with E-state index >= 15 is 0 Å². The number of nitrogens with one attached hydrogen (secondary N) is 1. The summed E-state index contributed by atoms with van der Waals surface area (Å²) in [4.78, 5) is 0. The minimum Gasteiger partial charge on any atom is -0.316 e. The first-order valence-corrected chi connectivity index (χ1v) is 6.59. The van der Waals surface area contributed by atoms with E-state index in [1.54, 1.807) is 0 Å². The maximum atomic E-state index is 5.83. The summed E-state index contributed by atoms with van der Waals surface area (Å²) in [5, 5.41) is 4.69. The molecule has 0 aliphatic heterocycles. The Morgan fingerprint density at radius 3 is 2.40 bits per heavy atom. The highest BCUT2D eigenvalue weighted by Crippen LogP contribution is 2.21. The Hall–Kier alpha value is -0.180. The van der Waals surface area contributed by atoms with Crippen LogP contribution in [0, 0.1) is 0 Å². The fourth-order valence-electron chi connectivity index (χ4n) is 1.19. The first kappa shape index (κ1) is 12.9. The fourth-order valence-corrected chi connectivity index (χ4v) is 2.39. The van der Waals surface area contributed by atoms with Crippen LogP contribution in [0.25, 0.3) is 0 Å². The van der Waals surface area contributed by atoms with Crippen molar-refractivity contribution in [1.29, 1.82) is 0 Å². The second-order valence-corrected chi connectivity index (χ2v) is 5.52. The summed E-state index contributed by atoms with van der Waals surface area (Å²) >= 11 is 7.79. The first-order chi connectivity index (χ1) is 7.13. The van der Waals surface area contributed by atoms with E-state index < -0.39 is 0 Å². The monoisotopic (exact) mass is 243 g/mol. The van der Waals surface area contributed by atoms with Crippen LogP contribution >= 0.6 is 23.4 Å². The van der Waals surface area contributed by atoms with Gasteiger partial charge in [-0.1, -0.05) is 30.7 Å². The summed E-state index contributed by atoms with van der Waals surface area (Å²) in [7, 11) is 2.00. The number of rotatable bonds is 5. The molecule has 3 heteroatoms. The molecule has 1 aromatic rings. The second-order valence-electron chi connectivity index (χ2n) is 3.72. The standard InChI is InChI=1S/C12H18ClNS/c1-9(14-3)10(2)15-8-11-4-6-12(13)7-5-11/h4-7,9-10,14H,8H2,1-3H3. The third kappa shape index (κ3) is 4.45. The normalized spacial score (nSPS) is 14.9. The zero-order valence-electron chi connectivity index (χ0n) is 9.46. The van der Waals surface area contributed by atoms with Crippen molar-refractivity contribution in [2.45, 2.75) is 30.9 Å². The predicted molar refractivity (Wildman–Crippen MR) is 70.7 cm³/mol. The summed E-state index contributed by atoms with van der Waals surface area (Å²) in [5.41, 5.74) is 1.33. The Kier molecular flexibility index (Phi) is 5.51. The Balaban J connectivity index is 2.40. The smallest absolute Gasteiger partial charge is 0.0406 e. The lowest BCUT2D eigenvalue weighted by atomic mass is 10.2. The first-order valence-electron chi connectivity index (χ1n) is 5.16. The molecule has 1 rings (SSSR count). The van der Waals surface area contributed by atoms with Gasteiger partial charge in [-0.3, -0.25) is 0 Å². The van der Waals surface area contributed by atoms with Crippen molar-refractivity contribution < 1.29 is 0 Å². The van der Waals surface area contributed by atoms with Crippen molar-refractivity contribution in [3.8, 4) is 0 Å². The molecule has 0 spiro atoms. The number of hydrogen-bond acceptors (Lipinski definition) is 2. The van der Waals surface area contributed by atoms with Crippen LogP contribution < -0.4 is 5.32 Å². The molecule has 2 unspecified atom stereocenters. The number of halogens is 1. The Morgan fingerprint density at radius 2 is 1.87 bits per heavy atom. The van der Waals surface area contributed by atoms with Crippen molar-refractivity contribution in [2.24, 2.45) is 0 Å². The molecule has 0 amide bonds. The highest BCUT2D eigenvalue weighted by molar-refractivity contribution is 7.99. The maximum absolute atomic E-state index is 5.83. The molecule has 0 radical (unpaired) electrons. The molecule has 0 saturated carbocycles. The van der Waals surface area contributed by atoms with E-state index in [2.05, 4.69) is 31.3 Å². The second kappa shape index (κ2) is 6.41. The van der Waals surface area contributed by atoms with E-state index in [1.165, 1.54) is 5.56 Å². The Bertz CT molecular complexity index is 286. The van der Waals surface area contributed by atoms with Gasteiger partial charge in [-0.25, -0.2) is 0 Å². The molecule has 0 fully saturated rings. The third-order valence-electron chi connectivity index (χ3n) is 2.59. The third-order valence-corrected chi connectivity index (χ3v) is 4.27. The molecule has 0 aromatic heterocycles. The van der Waals surface area contributed by atoms with Gasteiger partial charge < -0.3 is 5.32 Å². The average molecular weight is 244 g/mol. The van der Waals surface area contributed by atoms with Crippen LogP contribution in [0.2, 0.25) is 5.02 Å². The highest BCUT2D eigenvalue weighted by atomic mass is 35.5. The van der Waals surface area contributed by atoms with Gasteiger partial charge in [0.05, 0.1) is 0 Å². The molecule has 0 bridgehead atoms. The average Bonchev–Trinajstić information content (AvgIpc) is 2.26. The van der Waals surface area contributed by atoms with Crippen molar-refractivity contribution >= 4 is 23.4 Å². The fraction of sp³-hybridized carbons (Fsp3) is 0.500. The lowest BCUT2D eigenvalue weighted by Crippen LogP contribution is -2.30. The van der Waals surface area contributed by atoms with Gasteiger partial charge in [0.2, 0.25) is 0 Å². The van der Waals surface area contributed by atoms with Crippen LogP contribution in [-0.2, 0) is 5.75 Å². The summed E-state index contributed by atoms with van der Waals surface area (Å²) < 4.78 is 0. The van der Waals surface area contributed by atoms with Crippen molar-refractivity contribution in [3.63, 3.8) is 0 Å². The highest BCUT2D eigenvalue weighted by Gasteiger charge is 2.09. The molecule has 15 heavy (non-hydrogen) atoms. The van der Waals surface area contributed by atoms with E-state index in [4.69, 9.17) is 11.6 Å². The van der Waals surface area contributed by atoms with Crippen LogP contribution in [-0.4, -0.2) is 18.3 Å². The molecular weight excluding hydrogens is 226 g/mol. The van der Waals surface area contributed by atoms with Gasteiger partial charge in [-0.05, 0) is 31.7 Å². The number of benzene rings is 1. The summed E-state index contributed by atoms with van der Waals surface area (Å²) in [6.07, 6.45) is 0. The van der Waals surface area contributed by atoms with Gasteiger partial charge in [-0.15, -0.1) is 0 Å². The van der Waals surface area contributed by atoms with Crippen molar-refractivity contribution in [3.05, 3.63) is 34.9 Å². The SMILES string of the molecule is CNC(C)C(C)SCc1ccc(Cl)cc1. The van der Waals surface area contributed by atoms with E-state index in [0.29, 0.717) is 11.3 Å². The van der Waals surface area contributed by atoms with Crippen LogP contribution in [0.4, 0.5) is 0 Å². The molecule has 0 saturated heterocycles. The van der Waals surface area contributed by atoms with Crippen LogP contribution in [0.3, 0.4) is 0 Å². The summed E-state index contributed by atoms with van der Waals surface area (Å²) in [6.45, 7) is 4.46. The molecule has 2 atom stereocenters. The lowest BCUT2D eigenvalue weighted by molar-refractivity contribution is 0.605.